The van der Waals surface area contributed by atoms with Gasteiger partial charge in [-0.15, -0.1) is 0 Å². The first-order valence-electron chi connectivity index (χ1n) is 7.30. The summed E-state index contributed by atoms with van der Waals surface area (Å²) in [6.07, 6.45) is 3.03. The Morgan fingerprint density at radius 2 is 1.86 bits per heavy atom. The van der Waals surface area contributed by atoms with Gasteiger partial charge in [-0.1, -0.05) is 6.92 Å². The van der Waals surface area contributed by atoms with Crippen molar-refractivity contribution < 1.29 is 4.21 Å². The van der Waals surface area contributed by atoms with E-state index in [9.17, 15) is 4.21 Å². The highest BCUT2D eigenvalue weighted by Gasteiger charge is 2.15. The minimum absolute atomic E-state index is 0.893. The van der Waals surface area contributed by atoms with Gasteiger partial charge in [-0.05, 0) is 58.4 Å². The molecule has 21 heavy (non-hydrogen) atoms. The van der Waals surface area contributed by atoms with Crippen LogP contribution in [0, 0.1) is 0 Å². The zero-order chi connectivity index (χ0) is 15.6. The van der Waals surface area contributed by atoms with Gasteiger partial charge in [-0.2, -0.15) is 0 Å². The molecule has 0 spiro atoms. The lowest BCUT2D eigenvalue weighted by Crippen LogP contribution is -2.18. The van der Waals surface area contributed by atoms with Crippen LogP contribution in [-0.4, -0.2) is 52.7 Å². The molecule has 5 heteroatoms. The van der Waals surface area contributed by atoms with Crippen molar-refractivity contribution >= 4 is 21.9 Å². The molecule has 0 N–H and O–H groups in total. The van der Waals surface area contributed by atoms with E-state index >= 15 is 0 Å². The predicted molar refractivity (Wildman–Crippen MR) is 90.0 cm³/mol. The Bertz CT molecular complexity index is 646. The van der Waals surface area contributed by atoms with E-state index in [2.05, 4.69) is 48.8 Å². The van der Waals surface area contributed by atoms with E-state index in [-0.39, 0.29) is 0 Å². The van der Waals surface area contributed by atoms with Gasteiger partial charge in [0.2, 0.25) is 0 Å². The van der Waals surface area contributed by atoms with E-state index in [1.54, 1.807) is 4.31 Å². The van der Waals surface area contributed by atoms with E-state index in [1.807, 2.05) is 20.2 Å². The van der Waals surface area contributed by atoms with Crippen molar-refractivity contribution in [3.63, 3.8) is 0 Å². The fraction of sp³-hybridized carbons (Fsp3) is 0.500. The van der Waals surface area contributed by atoms with Gasteiger partial charge in [0.1, 0.15) is 11.0 Å². The maximum absolute atomic E-state index is 12.4. The van der Waals surface area contributed by atoms with Gasteiger partial charge >= 0.3 is 0 Å². The molecule has 0 fully saturated rings. The van der Waals surface area contributed by atoms with Crippen LogP contribution in [0.15, 0.2) is 29.3 Å². The summed E-state index contributed by atoms with van der Waals surface area (Å²) >= 11 is 0. The average molecular weight is 307 g/mol. The predicted octanol–water partition coefficient (Wildman–Crippen LogP) is 2.35. The van der Waals surface area contributed by atoms with Crippen LogP contribution in [0.1, 0.15) is 12.5 Å². The summed E-state index contributed by atoms with van der Waals surface area (Å²) in [5, 5.41) is 1.23. The number of benzene rings is 1. The highest BCUT2D eigenvalue weighted by molar-refractivity contribution is 7.82. The van der Waals surface area contributed by atoms with Gasteiger partial charge < -0.3 is 9.47 Å². The molecule has 116 valence electrons. The van der Waals surface area contributed by atoms with Crippen molar-refractivity contribution in [1.82, 2.24) is 13.8 Å². The lowest BCUT2D eigenvalue weighted by Gasteiger charge is -2.15. The van der Waals surface area contributed by atoms with Gasteiger partial charge in [0.25, 0.3) is 0 Å². The van der Waals surface area contributed by atoms with E-state index in [1.165, 1.54) is 16.5 Å². The monoisotopic (exact) mass is 307 g/mol. The fourth-order valence-corrected chi connectivity index (χ4v) is 3.58. The lowest BCUT2D eigenvalue weighted by molar-refractivity contribution is 0.387. The van der Waals surface area contributed by atoms with Gasteiger partial charge in [0.15, 0.2) is 0 Å². The summed E-state index contributed by atoms with van der Waals surface area (Å²) in [7, 11) is 6.78. The number of nitrogens with zero attached hydrogens (tertiary/aromatic N) is 3. The first-order chi connectivity index (χ1) is 9.95. The Balaban J connectivity index is 2.47. The number of aromatic nitrogens is 1. The average Bonchev–Trinajstić information content (AvgIpc) is 2.86. The smallest absolute Gasteiger partial charge is 0.127 e. The first-order valence-corrected chi connectivity index (χ1v) is 8.41. The van der Waals surface area contributed by atoms with Crippen LogP contribution in [0.25, 0.3) is 10.9 Å². The third-order valence-corrected chi connectivity index (χ3v) is 5.11. The molecule has 1 aromatic heterocycles. The van der Waals surface area contributed by atoms with Crippen LogP contribution in [-0.2, 0) is 24.0 Å². The van der Waals surface area contributed by atoms with Crippen LogP contribution in [0.4, 0.5) is 0 Å². The second-order valence-electron chi connectivity index (χ2n) is 5.70. The zero-order valence-corrected chi connectivity index (χ0v) is 14.4. The summed E-state index contributed by atoms with van der Waals surface area (Å²) in [6, 6.07) is 6.27. The highest BCUT2D eigenvalue weighted by Crippen LogP contribution is 2.27. The second-order valence-corrected chi connectivity index (χ2v) is 7.37. The molecule has 1 aromatic carbocycles. The quantitative estimate of drug-likeness (QED) is 0.819. The molecule has 0 saturated heterocycles. The van der Waals surface area contributed by atoms with Crippen molar-refractivity contribution in [3.05, 3.63) is 30.0 Å². The lowest BCUT2D eigenvalue weighted by atomic mass is 10.1. The Labute approximate surface area is 129 Å². The SMILES string of the molecule is CCc1c(S(=O)N(C)C)ccc2c1ccn2CCN(C)C. The third-order valence-electron chi connectivity index (χ3n) is 3.68. The van der Waals surface area contributed by atoms with Crippen molar-refractivity contribution in [3.8, 4) is 0 Å². The van der Waals surface area contributed by atoms with Crippen molar-refractivity contribution in [2.24, 2.45) is 0 Å². The third kappa shape index (κ3) is 3.36. The summed E-state index contributed by atoms with van der Waals surface area (Å²) < 4.78 is 16.4. The molecule has 1 atom stereocenters. The molecular weight excluding hydrogens is 282 g/mol. The van der Waals surface area contributed by atoms with Crippen molar-refractivity contribution in [2.45, 2.75) is 24.8 Å². The summed E-state index contributed by atoms with van der Waals surface area (Å²) in [5.74, 6) is 0. The molecule has 0 aliphatic carbocycles. The minimum atomic E-state index is -1.09. The molecule has 2 aromatic rings. The van der Waals surface area contributed by atoms with Crippen molar-refractivity contribution in [2.75, 3.05) is 34.7 Å². The molecular formula is C16H25N3OS. The normalized spacial score (nSPS) is 13.5. The topological polar surface area (TPSA) is 28.5 Å². The number of hydrogen-bond donors (Lipinski definition) is 0. The van der Waals surface area contributed by atoms with Crippen LogP contribution in [0.5, 0.6) is 0 Å². The maximum Gasteiger partial charge on any atom is 0.127 e. The standard InChI is InChI=1S/C16H25N3OS/c1-6-13-14-9-10-19(12-11-17(2)3)15(14)7-8-16(13)21(20)18(4)5/h7-10H,6,11-12H2,1-5H3. The maximum atomic E-state index is 12.4. The molecule has 1 heterocycles. The molecule has 0 aliphatic rings. The highest BCUT2D eigenvalue weighted by atomic mass is 32.2. The van der Waals surface area contributed by atoms with Crippen LogP contribution in [0.2, 0.25) is 0 Å². The fourth-order valence-electron chi connectivity index (χ4n) is 2.54. The molecule has 0 saturated carbocycles. The van der Waals surface area contributed by atoms with E-state index in [0.29, 0.717) is 0 Å². The number of aryl methyl sites for hydroxylation is 1. The zero-order valence-electron chi connectivity index (χ0n) is 13.6. The number of fused-ring (bicyclic) bond motifs is 1. The summed E-state index contributed by atoms with van der Waals surface area (Å²) in [5.41, 5.74) is 2.43. The first kappa shape index (κ1) is 16.2. The Hall–Kier alpha value is -1.17. The molecule has 0 radical (unpaired) electrons. The Morgan fingerprint density at radius 3 is 2.43 bits per heavy atom. The minimum Gasteiger partial charge on any atom is -0.346 e. The van der Waals surface area contributed by atoms with Crippen LogP contribution >= 0.6 is 0 Å². The van der Waals surface area contributed by atoms with Crippen LogP contribution in [0.3, 0.4) is 0 Å². The number of likely N-dealkylation sites (N-methyl/N-ethyl adjacent to an activating group) is 1. The van der Waals surface area contributed by atoms with Crippen molar-refractivity contribution in [1.29, 1.82) is 0 Å². The van der Waals surface area contributed by atoms with E-state index < -0.39 is 11.0 Å². The van der Waals surface area contributed by atoms with Gasteiger partial charge in [-0.3, -0.25) is 0 Å². The van der Waals surface area contributed by atoms with Gasteiger partial charge in [0.05, 0.1) is 4.90 Å². The van der Waals surface area contributed by atoms with Crippen LogP contribution < -0.4 is 0 Å². The molecule has 0 bridgehead atoms. The molecule has 0 amide bonds. The Kier molecular flexibility index (Phi) is 5.19. The largest absolute Gasteiger partial charge is 0.346 e. The van der Waals surface area contributed by atoms with E-state index in [0.717, 1.165) is 24.4 Å². The Morgan fingerprint density at radius 1 is 1.14 bits per heavy atom. The van der Waals surface area contributed by atoms with Gasteiger partial charge in [0, 0.05) is 30.2 Å². The molecule has 4 nitrogen and oxygen atoms in total. The molecule has 1 unspecified atom stereocenters. The number of rotatable bonds is 6. The van der Waals surface area contributed by atoms with Gasteiger partial charge in [-0.25, -0.2) is 8.51 Å². The summed E-state index contributed by atoms with van der Waals surface area (Å²) in [4.78, 5) is 3.11. The number of hydrogen-bond acceptors (Lipinski definition) is 2. The van der Waals surface area contributed by atoms with E-state index in [4.69, 9.17) is 0 Å². The molecule has 0 aliphatic heterocycles. The second kappa shape index (κ2) is 6.73. The molecule has 2 rings (SSSR count). The summed E-state index contributed by atoms with van der Waals surface area (Å²) in [6.45, 7) is 4.11.